The van der Waals surface area contributed by atoms with Gasteiger partial charge in [0.1, 0.15) is 0 Å². The highest BCUT2D eigenvalue weighted by molar-refractivity contribution is 9.10. The Labute approximate surface area is 176 Å². The molecular formula is C23H19BrN4O. The van der Waals surface area contributed by atoms with Gasteiger partial charge >= 0.3 is 0 Å². The number of carbonyl (C=O) groups is 1. The molecule has 1 N–H and O–H groups in total. The molecule has 5 nitrogen and oxygen atoms in total. The van der Waals surface area contributed by atoms with Crippen molar-refractivity contribution < 1.29 is 4.79 Å². The lowest BCUT2D eigenvalue weighted by Gasteiger charge is -2.10. The molecule has 1 aliphatic rings. The number of benzene rings is 2. The van der Waals surface area contributed by atoms with Gasteiger partial charge in [-0.15, -0.1) is 0 Å². The summed E-state index contributed by atoms with van der Waals surface area (Å²) in [4.78, 5) is 17.9. The second-order valence-corrected chi connectivity index (χ2v) is 8.35. The topological polar surface area (TPSA) is 59.8 Å². The van der Waals surface area contributed by atoms with Gasteiger partial charge in [0.2, 0.25) is 0 Å². The summed E-state index contributed by atoms with van der Waals surface area (Å²) < 4.78 is 2.88. The molecule has 0 unspecified atom stereocenters. The standard InChI is InChI=1S/C23H19BrN4O/c24-17-5-3-4-16(10-17)22-11-20(19-6-1-2-7-21(19)27-22)23(29)26-18-12-25-28(14-18)13-15-8-9-15/h1-7,10-12,14-15H,8-9,13H2,(H,26,29). The van der Waals surface area contributed by atoms with E-state index < -0.39 is 0 Å². The van der Waals surface area contributed by atoms with Crippen LogP contribution in [-0.2, 0) is 6.54 Å². The lowest BCUT2D eigenvalue weighted by molar-refractivity contribution is 0.102. The number of amides is 1. The van der Waals surface area contributed by atoms with Gasteiger partial charge in [0.15, 0.2) is 0 Å². The molecule has 1 fully saturated rings. The van der Waals surface area contributed by atoms with Crippen molar-refractivity contribution in [3.8, 4) is 11.3 Å². The Kier molecular flexibility index (Phi) is 4.64. The Balaban J connectivity index is 1.50. The first-order chi connectivity index (χ1) is 14.2. The summed E-state index contributed by atoms with van der Waals surface area (Å²) >= 11 is 3.51. The fraction of sp³-hybridized carbons (Fsp3) is 0.174. The maximum atomic E-state index is 13.1. The Morgan fingerprint density at radius 2 is 2.00 bits per heavy atom. The summed E-state index contributed by atoms with van der Waals surface area (Å²) in [5.41, 5.74) is 3.82. The smallest absolute Gasteiger partial charge is 0.256 e. The number of para-hydroxylation sites is 1. The van der Waals surface area contributed by atoms with Crippen LogP contribution in [0.15, 0.2) is 71.5 Å². The molecule has 0 aliphatic heterocycles. The number of hydrogen-bond acceptors (Lipinski definition) is 3. The molecule has 0 radical (unpaired) electrons. The van der Waals surface area contributed by atoms with E-state index in [1.807, 2.05) is 65.5 Å². The van der Waals surface area contributed by atoms with Gasteiger partial charge in [-0.1, -0.05) is 46.3 Å². The molecule has 4 aromatic rings. The van der Waals surface area contributed by atoms with Gasteiger partial charge < -0.3 is 5.32 Å². The molecule has 29 heavy (non-hydrogen) atoms. The minimum Gasteiger partial charge on any atom is -0.319 e. The third-order valence-electron chi connectivity index (χ3n) is 5.11. The van der Waals surface area contributed by atoms with Crippen molar-refractivity contribution in [1.82, 2.24) is 14.8 Å². The van der Waals surface area contributed by atoms with Crippen molar-refractivity contribution in [2.75, 3.05) is 5.32 Å². The Morgan fingerprint density at radius 3 is 2.83 bits per heavy atom. The highest BCUT2D eigenvalue weighted by Crippen LogP contribution is 2.31. The molecule has 144 valence electrons. The van der Waals surface area contributed by atoms with Gasteiger partial charge in [-0.3, -0.25) is 9.48 Å². The highest BCUT2D eigenvalue weighted by Gasteiger charge is 2.22. The van der Waals surface area contributed by atoms with Gasteiger partial charge in [0.05, 0.1) is 28.7 Å². The lowest BCUT2D eigenvalue weighted by Crippen LogP contribution is -2.12. The zero-order chi connectivity index (χ0) is 19.8. The van der Waals surface area contributed by atoms with Gasteiger partial charge in [0, 0.05) is 28.2 Å². The minimum absolute atomic E-state index is 0.161. The third-order valence-corrected chi connectivity index (χ3v) is 5.61. The molecule has 2 heterocycles. The van der Waals surface area contributed by atoms with Gasteiger partial charge in [-0.05, 0) is 43.0 Å². The number of aromatic nitrogens is 3. The normalized spacial score (nSPS) is 13.6. The van der Waals surface area contributed by atoms with E-state index >= 15 is 0 Å². The van der Waals surface area contributed by atoms with E-state index in [2.05, 4.69) is 26.3 Å². The summed E-state index contributed by atoms with van der Waals surface area (Å²) in [6.45, 7) is 0.918. The number of carbonyl (C=O) groups excluding carboxylic acids is 1. The molecule has 0 spiro atoms. The average Bonchev–Trinajstić information content (AvgIpc) is 3.44. The first-order valence-electron chi connectivity index (χ1n) is 9.65. The second-order valence-electron chi connectivity index (χ2n) is 7.43. The van der Waals surface area contributed by atoms with Crippen LogP contribution in [0.1, 0.15) is 23.2 Å². The van der Waals surface area contributed by atoms with Crippen LogP contribution in [-0.4, -0.2) is 20.7 Å². The summed E-state index contributed by atoms with van der Waals surface area (Å²) in [5, 5.41) is 8.19. The third kappa shape index (κ3) is 3.93. The average molecular weight is 447 g/mol. The van der Waals surface area contributed by atoms with Crippen LogP contribution in [0.25, 0.3) is 22.2 Å². The van der Waals surface area contributed by atoms with E-state index in [0.29, 0.717) is 11.3 Å². The number of hydrogen-bond donors (Lipinski definition) is 1. The van der Waals surface area contributed by atoms with Crippen molar-refractivity contribution in [2.24, 2.45) is 5.92 Å². The summed E-state index contributed by atoms with van der Waals surface area (Å²) in [5.74, 6) is 0.571. The predicted molar refractivity (Wildman–Crippen MR) is 118 cm³/mol. The predicted octanol–water partition coefficient (Wildman–Crippen LogP) is 5.52. The number of nitrogens with one attached hydrogen (secondary N) is 1. The number of nitrogens with zero attached hydrogens (tertiary/aromatic N) is 3. The Hall–Kier alpha value is -2.99. The van der Waals surface area contributed by atoms with Gasteiger partial charge in [0.25, 0.3) is 5.91 Å². The summed E-state index contributed by atoms with van der Waals surface area (Å²) in [6.07, 6.45) is 6.14. The lowest BCUT2D eigenvalue weighted by atomic mass is 10.0. The molecule has 2 aromatic carbocycles. The fourth-order valence-corrected chi connectivity index (χ4v) is 3.85. The van der Waals surface area contributed by atoms with E-state index in [1.54, 1.807) is 6.20 Å². The molecule has 1 saturated carbocycles. The summed E-state index contributed by atoms with van der Waals surface area (Å²) in [6, 6.07) is 17.5. The van der Waals surface area contributed by atoms with E-state index in [0.717, 1.165) is 39.1 Å². The number of halogens is 1. The zero-order valence-electron chi connectivity index (χ0n) is 15.7. The summed E-state index contributed by atoms with van der Waals surface area (Å²) in [7, 11) is 0. The SMILES string of the molecule is O=C(Nc1cnn(CC2CC2)c1)c1cc(-c2cccc(Br)c2)nc2ccccc12. The molecule has 1 aliphatic carbocycles. The first kappa shape index (κ1) is 18.1. The van der Waals surface area contributed by atoms with Crippen molar-refractivity contribution in [2.45, 2.75) is 19.4 Å². The molecule has 6 heteroatoms. The minimum atomic E-state index is -0.161. The van der Waals surface area contributed by atoms with Gasteiger partial charge in [-0.25, -0.2) is 4.98 Å². The quantitative estimate of drug-likeness (QED) is 0.438. The van der Waals surface area contributed by atoms with Crippen molar-refractivity contribution in [3.63, 3.8) is 0 Å². The first-order valence-corrected chi connectivity index (χ1v) is 10.4. The Bertz CT molecular complexity index is 1210. The fourth-order valence-electron chi connectivity index (χ4n) is 3.45. The molecule has 0 atom stereocenters. The number of anilines is 1. The maximum absolute atomic E-state index is 13.1. The van der Waals surface area contributed by atoms with Crippen molar-refractivity contribution in [3.05, 3.63) is 77.0 Å². The largest absolute Gasteiger partial charge is 0.319 e. The highest BCUT2D eigenvalue weighted by atomic mass is 79.9. The zero-order valence-corrected chi connectivity index (χ0v) is 17.3. The molecule has 2 aromatic heterocycles. The van der Waals surface area contributed by atoms with Crippen LogP contribution in [0.4, 0.5) is 5.69 Å². The molecule has 0 bridgehead atoms. The van der Waals surface area contributed by atoms with E-state index in [1.165, 1.54) is 12.8 Å². The van der Waals surface area contributed by atoms with Crippen LogP contribution >= 0.6 is 15.9 Å². The Morgan fingerprint density at radius 1 is 1.14 bits per heavy atom. The second kappa shape index (κ2) is 7.44. The van der Waals surface area contributed by atoms with Crippen molar-refractivity contribution in [1.29, 1.82) is 0 Å². The van der Waals surface area contributed by atoms with E-state index in [4.69, 9.17) is 4.98 Å². The molecule has 0 saturated heterocycles. The number of pyridine rings is 1. The molecular weight excluding hydrogens is 428 g/mol. The van der Waals surface area contributed by atoms with Gasteiger partial charge in [-0.2, -0.15) is 5.10 Å². The van der Waals surface area contributed by atoms with Crippen LogP contribution in [0.5, 0.6) is 0 Å². The van der Waals surface area contributed by atoms with E-state index in [-0.39, 0.29) is 5.91 Å². The van der Waals surface area contributed by atoms with Crippen LogP contribution in [0.2, 0.25) is 0 Å². The van der Waals surface area contributed by atoms with E-state index in [9.17, 15) is 4.79 Å². The maximum Gasteiger partial charge on any atom is 0.256 e. The molecule has 1 amide bonds. The molecule has 5 rings (SSSR count). The number of rotatable bonds is 5. The monoisotopic (exact) mass is 446 g/mol. The van der Waals surface area contributed by atoms with Crippen LogP contribution in [0.3, 0.4) is 0 Å². The van der Waals surface area contributed by atoms with Crippen LogP contribution in [0, 0.1) is 5.92 Å². The van der Waals surface area contributed by atoms with Crippen LogP contribution < -0.4 is 5.32 Å². The number of fused-ring (bicyclic) bond motifs is 1. The van der Waals surface area contributed by atoms with Crippen molar-refractivity contribution >= 4 is 38.4 Å².